The molecule has 7 rings (SSSR count). The number of amides is 2. The molecule has 1 fully saturated rings. The molecule has 2 N–H and O–H groups in total. The van der Waals surface area contributed by atoms with E-state index in [1.165, 1.54) is 4.90 Å². The molecule has 0 radical (unpaired) electrons. The van der Waals surface area contributed by atoms with E-state index in [4.69, 9.17) is 44.9 Å². The van der Waals surface area contributed by atoms with Gasteiger partial charge in [0.1, 0.15) is 17.5 Å². The standard InChI is InChI=1S/C21H21ClN6O3.C14H17ClN2O2S/c22-15-4-7-17-14(10-15)11-27(21(29)30)12-18-25-26-19(28(17)18)13-2-5-16(6-3-13)31-20-23-8-1-9-24-20;1-14(2,3)19-13(18)17-7-9-6-10(15)4-5-11(9)16-12(20)8-17/h1,4,7-10,13,16H,2-3,5-6,11-12H2,(H,29,30);4-6H,7-8H2,1-3H3,(H,16,20). The Morgan fingerprint density at radius 2 is 1.57 bits per heavy atom. The number of carboxylic acid groups (broad SMARTS) is 1. The van der Waals surface area contributed by atoms with Crippen LogP contribution in [0.2, 0.25) is 10.0 Å². The average Bonchev–Trinajstić information content (AvgIpc) is 3.31. The molecule has 3 aliphatic rings. The maximum absolute atomic E-state index is 12.2. The lowest BCUT2D eigenvalue weighted by Crippen LogP contribution is -2.38. The fourth-order valence-corrected chi connectivity index (χ4v) is 6.91. The van der Waals surface area contributed by atoms with Crippen LogP contribution < -0.4 is 10.1 Å². The third-order valence-electron chi connectivity index (χ3n) is 8.54. The molecule has 0 spiro atoms. The molecule has 2 aromatic heterocycles. The minimum Gasteiger partial charge on any atom is -0.465 e. The summed E-state index contributed by atoms with van der Waals surface area (Å²) < 4.78 is 13.3. The van der Waals surface area contributed by atoms with Crippen molar-refractivity contribution in [2.45, 2.75) is 83.7 Å². The first-order valence-corrected chi connectivity index (χ1v) is 17.7. The Bertz CT molecular complexity index is 1910. The number of aromatic nitrogens is 5. The number of nitrogens with one attached hydrogen (secondary N) is 1. The van der Waals surface area contributed by atoms with Crippen LogP contribution in [0, 0.1) is 0 Å². The normalized spacial score (nSPS) is 18.4. The minimum absolute atomic E-state index is 0.0683. The van der Waals surface area contributed by atoms with Gasteiger partial charge < -0.3 is 19.9 Å². The van der Waals surface area contributed by atoms with Crippen LogP contribution in [0.5, 0.6) is 6.01 Å². The van der Waals surface area contributed by atoms with Gasteiger partial charge in [-0.3, -0.25) is 14.4 Å². The predicted octanol–water partition coefficient (Wildman–Crippen LogP) is 7.64. The molecule has 268 valence electrons. The summed E-state index contributed by atoms with van der Waals surface area (Å²) in [6.45, 7) is 6.69. The lowest BCUT2D eigenvalue weighted by atomic mass is 9.86. The van der Waals surface area contributed by atoms with Crippen molar-refractivity contribution >= 4 is 58.3 Å². The van der Waals surface area contributed by atoms with Gasteiger partial charge in [0.05, 0.1) is 36.9 Å². The topological polar surface area (TPSA) is 148 Å². The van der Waals surface area contributed by atoms with Gasteiger partial charge in [-0.2, -0.15) is 0 Å². The summed E-state index contributed by atoms with van der Waals surface area (Å²) in [5.41, 5.74) is 3.00. The highest BCUT2D eigenvalue weighted by molar-refractivity contribution is 7.80. The zero-order valence-corrected chi connectivity index (χ0v) is 30.7. The third kappa shape index (κ3) is 9.04. The number of rotatable bonds is 3. The highest BCUT2D eigenvalue weighted by Gasteiger charge is 2.32. The van der Waals surface area contributed by atoms with Gasteiger partial charge in [0, 0.05) is 34.0 Å². The summed E-state index contributed by atoms with van der Waals surface area (Å²) in [6, 6.07) is 13.2. The maximum Gasteiger partial charge on any atom is 0.410 e. The van der Waals surface area contributed by atoms with Crippen molar-refractivity contribution in [2.75, 3.05) is 11.9 Å². The number of carbonyl (C=O) groups is 2. The van der Waals surface area contributed by atoms with E-state index in [0.717, 1.165) is 54.0 Å². The van der Waals surface area contributed by atoms with Gasteiger partial charge in [-0.25, -0.2) is 19.6 Å². The van der Waals surface area contributed by atoms with Gasteiger partial charge in [-0.15, -0.1) is 10.2 Å². The third-order valence-corrected chi connectivity index (χ3v) is 9.25. The first kappa shape index (κ1) is 36.3. The van der Waals surface area contributed by atoms with Crippen molar-refractivity contribution in [1.29, 1.82) is 0 Å². The fraction of sp³-hybridized carbons (Fsp3) is 0.400. The number of halogens is 2. The van der Waals surface area contributed by atoms with Crippen LogP contribution in [-0.4, -0.2) is 75.1 Å². The van der Waals surface area contributed by atoms with Crippen LogP contribution in [0.15, 0.2) is 54.9 Å². The predicted molar refractivity (Wildman–Crippen MR) is 196 cm³/mol. The Hall–Kier alpha value is -4.53. The van der Waals surface area contributed by atoms with Gasteiger partial charge in [0.15, 0.2) is 5.82 Å². The summed E-state index contributed by atoms with van der Waals surface area (Å²) in [5, 5.41) is 22.8. The summed E-state index contributed by atoms with van der Waals surface area (Å²) in [6.07, 6.45) is 5.53. The molecule has 0 saturated heterocycles. The summed E-state index contributed by atoms with van der Waals surface area (Å²) >= 11 is 17.4. The molecule has 4 heterocycles. The average molecular weight is 754 g/mol. The number of fused-ring (bicyclic) bond motifs is 4. The van der Waals surface area contributed by atoms with Gasteiger partial charge in [0.25, 0.3) is 0 Å². The Morgan fingerprint density at radius 1 is 0.902 bits per heavy atom. The van der Waals surface area contributed by atoms with Crippen molar-refractivity contribution < 1.29 is 24.2 Å². The van der Waals surface area contributed by atoms with Crippen LogP contribution >= 0.6 is 35.4 Å². The molecular formula is C35H38Cl2N8O5S. The molecule has 2 aromatic carbocycles. The first-order chi connectivity index (χ1) is 24.3. The highest BCUT2D eigenvalue weighted by atomic mass is 35.5. The number of hydrogen-bond donors (Lipinski definition) is 2. The maximum atomic E-state index is 12.2. The summed E-state index contributed by atoms with van der Waals surface area (Å²) in [4.78, 5) is 35.7. The molecule has 1 saturated carbocycles. The number of ether oxygens (including phenoxy) is 2. The molecule has 2 amide bonds. The van der Waals surface area contributed by atoms with Crippen LogP contribution in [0.1, 0.15) is 75.1 Å². The van der Waals surface area contributed by atoms with Gasteiger partial charge in [0.2, 0.25) is 0 Å². The number of hydrogen-bond acceptors (Lipinski definition) is 9. The van der Waals surface area contributed by atoms with E-state index >= 15 is 0 Å². The molecule has 16 heteroatoms. The molecule has 0 unspecified atom stereocenters. The Balaban J connectivity index is 0.000000194. The van der Waals surface area contributed by atoms with E-state index in [-0.39, 0.29) is 31.2 Å². The Labute approximate surface area is 310 Å². The lowest BCUT2D eigenvalue weighted by molar-refractivity contribution is 0.0266. The summed E-state index contributed by atoms with van der Waals surface area (Å²) in [5.74, 6) is 1.69. The second-order valence-corrected chi connectivity index (χ2v) is 14.9. The summed E-state index contributed by atoms with van der Waals surface area (Å²) in [7, 11) is 0. The number of thiocarbonyl (C=S) groups is 1. The number of benzene rings is 2. The van der Waals surface area contributed by atoms with Crippen molar-refractivity contribution in [2.24, 2.45) is 0 Å². The van der Waals surface area contributed by atoms with Crippen LogP contribution in [0.25, 0.3) is 5.69 Å². The van der Waals surface area contributed by atoms with Crippen LogP contribution in [0.3, 0.4) is 0 Å². The van der Waals surface area contributed by atoms with E-state index in [1.807, 2.05) is 55.7 Å². The molecular weight excluding hydrogens is 715 g/mol. The van der Waals surface area contributed by atoms with Crippen molar-refractivity contribution in [3.8, 4) is 11.7 Å². The Morgan fingerprint density at radius 3 is 2.25 bits per heavy atom. The Kier molecular flexibility index (Phi) is 10.9. The van der Waals surface area contributed by atoms with Gasteiger partial charge in [-0.05, 0) is 100 Å². The van der Waals surface area contributed by atoms with Gasteiger partial charge >= 0.3 is 18.2 Å². The zero-order chi connectivity index (χ0) is 36.3. The first-order valence-electron chi connectivity index (χ1n) is 16.5. The monoisotopic (exact) mass is 752 g/mol. The smallest absolute Gasteiger partial charge is 0.410 e. The lowest BCUT2D eigenvalue weighted by Gasteiger charge is -2.28. The van der Waals surface area contributed by atoms with Gasteiger partial charge in [-0.1, -0.05) is 35.4 Å². The van der Waals surface area contributed by atoms with E-state index in [1.54, 1.807) is 29.4 Å². The van der Waals surface area contributed by atoms with Crippen molar-refractivity contribution in [3.05, 3.63) is 87.7 Å². The molecule has 0 atom stereocenters. The molecule has 13 nitrogen and oxygen atoms in total. The van der Waals surface area contributed by atoms with Crippen LogP contribution in [-0.2, 0) is 24.4 Å². The molecule has 2 aliphatic heterocycles. The van der Waals surface area contributed by atoms with Crippen molar-refractivity contribution in [1.82, 2.24) is 34.5 Å². The van der Waals surface area contributed by atoms with Crippen molar-refractivity contribution in [3.63, 3.8) is 0 Å². The quantitative estimate of drug-likeness (QED) is 0.199. The number of nitrogens with zero attached hydrogens (tertiary/aromatic N) is 7. The second-order valence-electron chi connectivity index (χ2n) is 13.5. The second kappa shape index (κ2) is 15.4. The van der Waals surface area contributed by atoms with Crippen LogP contribution in [0.4, 0.5) is 15.3 Å². The molecule has 4 aromatic rings. The molecule has 0 bridgehead atoms. The molecule has 1 aliphatic carbocycles. The SMILES string of the molecule is CC(C)(C)OC(=O)N1CC(=S)Nc2ccc(Cl)cc2C1.O=C(O)N1Cc2cc(Cl)ccc2-n2c(nnc2C2CCC(Oc3ncccn3)CC2)C1. The largest absolute Gasteiger partial charge is 0.465 e. The highest BCUT2D eigenvalue weighted by Crippen LogP contribution is 2.37. The fourth-order valence-electron chi connectivity index (χ4n) is 6.26. The number of anilines is 1. The molecule has 51 heavy (non-hydrogen) atoms. The minimum atomic E-state index is -0.996. The van der Waals surface area contributed by atoms with E-state index in [2.05, 4.69) is 25.5 Å². The van der Waals surface area contributed by atoms with E-state index < -0.39 is 11.7 Å². The zero-order valence-electron chi connectivity index (χ0n) is 28.4. The van der Waals surface area contributed by atoms with E-state index in [0.29, 0.717) is 40.0 Å². The van der Waals surface area contributed by atoms with E-state index in [9.17, 15) is 14.7 Å². The number of carbonyl (C=O) groups excluding carboxylic acids is 1.